The van der Waals surface area contributed by atoms with Gasteiger partial charge in [0, 0.05) is 25.8 Å². The average molecular weight is 600 g/mol. The maximum Gasteiger partial charge on any atom is 0.326 e. The molecule has 0 saturated heterocycles. The summed E-state index contributed by atoms with van der Waals surface area (Å²) in [4.78, 5) is 56.9. The molecule has 0 aromatic rings. The fourth-order valence-electron chi connectivity index (χ4n) is 4.86. The Morgan fingerprint density at radius 2 is 1.07 bits per heavy atom. The third kappa shape index (κ3) is 26.4. The molecule has 0 aromatic carbocycles. The lowest BCUT2D eigenvalue weighted by Crippen LogP contribution is -2.69. The smallest absolute Gasteiger partial charge is 0.326 e. The van der Waals surface area contributed by atoms with Crippen LogP contribution in [0, 0.1) is 0 Å². The van der Waals surface area contributed by atoms with Gasteiger partial charge in [0.1, 0.15) is 18.4 Å². The minimum absolute atomic E-state index is 0.0201. The van der Waals surface area contributed by atoms with Gasteiger partial charge in [-0.3, -0.25) is 20.2 Å². The number of aliphatic carboxylic acids is 2. The lowest BCUT2D eigenvalue weighted by atomic mass is 10.0. The second-order valence-electron chi connectivity index (χ2n) is 11.3. The number of carboxylic acid groups (broad SMARTS) is 2. The minimum Gasteiger partial charge on any atom is -0.481 e. The largest absolute Gasteiger partial charge is 0.481 e. The number of rotatable bonds is 31. The van der Waals surface area contributed by atoms with E-state index in [0.29, 0.717) is 32.2 Å². The van der Waals surface area contributed by atoms with Crippen LogP contribution in [0.3, 0.4) is 0 Å². The Morgan fingerprint density at radius 1 is 0.595 bits per heavy atom. The molecule has 0 aliphatic heterocycles. The highest BCUT2D eigenvalue weighted by Crippen LogP contribution is 2.14. The van der Waals surface area contributed by atoms with E-state index in [1.165, 1.54) is 57.8 Å². The van der Waals surface area contributed by atoms with Gasteiger partial charge in [0.25, 0.3) is 0 Å². The van der Waals surface area contributed by atoms with Crippen molar-refractivity contribution in [2.75, 3.05) is 6.54 Å². The first-order valence-corrected chi connectivity index (χ1v) is 16.3. The highest BCUT2D eigenvalue weighted by atomic mass is 16.4. The third-order valence-corrected chi connectivity index (χ3v) is 7.53. The SMILES string of the molecule is [NH3+]N[C@H](C=O)CCCCNC(=O)CCC(NC(=O)CCCCCCCCCCCCCCCCCCC(=O)O)C(=O)O. The number of unbranched alkanes of at least 4 members (excludes halogenated alkanes) is 16. The van der Waals surface area contributed by atoms with E-state index in [1.807, 2.05) is 0 Å². The standard InChI is InChI=1S/C31H58N4O7/c32-35-26(25-36)19-17-18-24-33-28(37)23-22-27(31(41)42)34-29(38)20-15-13-11-9-7-5-3-1-2-4-6-8-10-12-14-16-21-30(39)40/h25-27,35H,1-24,32H2,(H,33,37)(H,34,38)(H,39,40)(H,41,42)/p+1/t26-,27?/m0/s1. The molecular formula is C31H59N4O7+. The van der Waals surface area contributed by atoms with Crippen LogP contribution in [0.4, 0.5) is 0 Å². The molecule has 0 spiro atoms. The average Bonchev–Trinajstić information content (AvgIpc) is 2.96. The van der Waals surface area contributed by atoms with Crippen LogP contribution in [0.15, 0.2) is 0 Å². The number of hydrogen-bond donors (Lipinski definition) is 6. The number of amides is 2. The van der Waals surface area contributed by atoms with Crippen molar-refractivity contribution in [3.05, 3.63) is 0 Å². The summed E-state index contributed by atoms with van der Waals surface area (Å²) in [6, 6.07) is -1.36. The minimum atomic E-state index is -1.14. The van der Waals surface area contributed by atoms with E-state index < -0.39 is 18.0 Å². The molecule has 0 rings (SSSR count). The Morgan fingerprint density at radius 3 is 1.50 bits per heavy atom. The molecule has 0 fully saturated rings. The van der Waals surface area contributed by atoms with Crippen LogP contribution in [-0.4, -0.2) is 58.9 Å². The molecule has 42 heavy (non-hydrogen) atoms. The first-order chi connectivity index (χ1) is 20.3. The van der Waals surface area contributed by atoms with Gasteiger partial charge in [0.2, 0.25) is 11.8 Å². The van der Waals surface area contributed by atoms with Crippen LogP contribution in [0.2, 0.25) is 0 Å². The summed E-state index contributed by atoms with van der Waals surface area (Å²) < 4.78 is 0. The fraction of sp³-hybridized carbons (Fsp3) is 0.839. The summed E-state index contributed by atoms with van der Waals surface area (Å²) in [5, 5.41) is 23.3. The van der Waals surface area contributed by atoms with Gasteiger partial charge in [-0.1, -0.05) is 89.9 Å². The zero-order valence-corrected chi connectivity index (χ0v) is 25.8. The van der Waals surface area contributed by atoms with Crippen LogP contribution in [-0.2, 0) is 24.0 Å². The topological polar surface area (TPSA) is 190 Å². The van der Waals surface area contributed by atoms with E-state index >= 15 is 0 Å². The van der Waals surface area contributed by atoms with Crippen molar-refractivity contribution in [1.82, 2.24) is 16.1 Å². The van der Waals surface area contributed by atoms with Crippen molar-refractivity contribution < 1.29 is 40.0 Å². The summed E-state index contributed by atoms with van der Waals surface area (Å²) >= 11 is 0. The van der Waals surface area contributed by atoms with Crippen molar-refractivity contribution in [3.63, 3.8) is 0 Å². The van der Waals surface area contributed by atoms with Gasteiger partial charge in [-0.15, -0.1) is 0 Å². The molecule has 0 radical (unpaired) electrons. The van der Waals surface area contributed by atoms with E-state index in [9.17, 15) is 29.1 Å². The number of hydrogen-bond acceptors (Lipinski definition) is 6. The summed E-state index contributed by atoms with van der Waals surface area (Å²) in [7, 11) is 0. The van der Waals surface area contributed by atoms with Crippen molar-refractivity contribution in [1.29, 1.82) is 0 Å². The maximum absolute atomic E-state index is 12.2. The van der Waals surface area contributed by atoms with E-state index in [0.717, 1.165) is 57.7 Å². The molecule has 0 bridgehead atoms. The third-order valence-electron chi connectivity index (χ3n) is 7.53. The van der Waals surface area contributed by atoms with E-state index in [1.54, 1.807) is 0 Å². The van der Waals surface area contributed by atoms with Crippen molar-refractivity contribution in [2.24, 2.45) is 0 Å². The number of carbonyl (C=O) groups excluding carboxylic acids is 3. The summed E-state index contributed by atoms with van der Waals surface area (Å²) in [5.74, 6) is 1.10. The highest BCUT2D eigenvalue weighted by molar-refractivity contribution is 5.84. The molecule has 0 heterocycles. The zero-order chi connectivity index (χ0) is 31.3. The molecular weight excluding hydrogens is 540 g/mol. The second kappa shape index (κ2) is 28.6. The molecule has 0 aliphatic rings. The molecule has 8 N–H and O–H groups in total. The molecule has 0 aliphatic carbocycles. The van der Waals surface area contributed by atoms with Gasteiger partial charge in [-0.25, -0.2) is 4.79 Å². The molecule has 244 valence electrons. The molecule has 0 saturated carbocycles. The lowest BCUT2D eigenvalue weighted by molar-refractivity contribution is -0.448. The Bertz CT molecular complexity index is 736. The van der Waals surface area contributed by atoms with Gasteiger partial charge in [-0.05, 0) is 38.5 Å². The van der Waals surface area contributed by atoms with Gasteiger partial charge in [0.05, 0.1) is 0 Å². The molecule has 2 atom stereocenters. The van der Waals surface area contributed by atoms with Crippen LogP contribution < -0.4 is 21.9 Å². The highest BCUT2D eigenvalue weighted by Gasteiger charge is 2.20. The Labute approximate surface area is 252 Å². The van der Waals surface area contributed by atoms with Crippen LogP contribution >= 0.6 is 0 Å². The number of aldehydes is 1. The quantitative estimate of drug-likeness (QED) is 0.0391. The molecule has 11 heteroatoms. The monoisotopic (exact) mass is 599 g/mol. The van der Waals surface area contributed by atoms with Crippen molar-refractivity contribution in [2.45, 2.75) is 160 Å². The van der Waals surface area contributed by atoms with E-state index in [-0.39, 0.29) is 30.7 Å². The molecule has 11 nitrogen and oxygen atoms in total. The number of carboxylic acids is 2. The first-order valence-electron chi connectivity index (χ1n) is 16.3. The maximum atomic E-state index is 12.2. The second-order valence-corrected chi connectivity index (χ2v) is 11.3. The zero-order valence-electron chi connectivity index (χ0n) is 25.8. The van der Waals surface area contributed by atoms with Crippen LogP contribution in [0.25, 0.3) is 0 Å². The normalized spacial score (nSPS) is 12.4. The van der Waals surface area contributed by atoms with E-state index in [2.05, 4.69) is 21.9 Å². The Hall–Kier alpha value is -2.53. The van der Waals surface area contributed by atoms with Crippen molar-refractivity contribution in [3.8, 4) is 0 Å². The number of nitrogens with one attached hydrogen (secondary N) is 3. The van der Waals surface area contributed by atoms with Gasteiger partial charge < -0.3 is 25.6 Å². The fourth-order valence-corrected chi connectivity index (χ4v) is 4.86. The van der Waals surface area contributed by atoms with E-state index in [4.69, 9.17) is 5.11 Å². The molecule has 2 amide bonds. The van der Waals surface area contributed by atoms with Crippen molar-refractivity contribution >= 4 is 30.0 Å². The van der Waals surface area contributed by atoms with Gasteiger partial charge in [-0.2, -0.15) is 5.43 Å². The Balaban J connectivity index is 3.65. The van der Waals surface area contributed by atoms with Crippen LogP contribution in [0.1, 0.15) is 148 Å². The van der Waals surface area contributed by atoms with Gasteiger partial charge >= 0.3 is 11.9 Å². The van der Waals surface area contributed by atoms with Gasteiger partial charge in [0.15, 0.2) is 0 Å². The van der Waals surface area contributed by atoms with Crippen LogP contribution in [0.5, 0.6) is 0 Å². The summed E-state index contributed by atoms with van der Waals surface area (Å²) in [6.45, 7) is 0.451. The summed E-state index contributed by atoms with van der Waals surface area (Å²) in [5.41, 5.74) is 2.65. The summed E-state index contributed by atoms with van der Waals surface area (Å²) in [6.07, 6.45) is 21.7. The first kappa shape index (κ1) is 39.5. The Kier molecular flexibility index (Phi) is 26.9. The lowest BCUT2D eigenvalue weighted by Gasteiger charge is -2.14. The molecule has 0 aromatic heterocycles. The number of carbonyl (C=O) groups is 5. The predicted molar refractivity (Wildman–Crippen MR) is 162 cm³/mol. The number of quaternary nitrogens is 1. The molecule has 1 unspecified atom stereocenters. The predicted octanol–water partition coefficient (Wildman–Crippen LogP) is 4.04.